The van der Waals surface area contributed by atoms with E-state index in [2.05, 4.69) is 57.2 Å². The van der Waals surface area contributed by atoms with Gasteiger partial charge in [0.15, 0.2) is 5.78 Å². The minimum atomic E-state index is 0.118. The molecule has 1 aliphatic rings. The third kappa shape index (κ3) is 3.56. The van der Waals surface area contributed by atoms with Gasteiger partial charge in [-0.25, -0.2) is 0 Å². The van der Waals surface area contributed by atoms with Crippen LogP contribution in [0.15, 0.2) is 72.8 Å². The lowest BCUT2D eigenvalue weighted by Crippen LogP contribution is -2.23. The average Bonchev–Trinajstić information content (AvgIpc) is 3.19. The minimum Gasteiger partial charge on any atom is -0.292 e. The van der Waals surface area contributed by atoms with Gasteiger partial charge in [-0.05, 0) is 35.4 Å². The van der Waals surface area contributed by atoms with Crippen molar-refractivity contribution in [3.05, 3.63) is 89.6 Å². The summed E-state index contributed by atoms with van der Waals surface area (Å²) in [4.78, 5) is 13.6. The van der Waals surface area contributed by atoms with Crippen LogP contribution in [0.4, 0.5) is 0 Å². The molecule has 0 radical (unpaired) electrons. The van der Waals surface area contributed by atoms with Gasteiger partial charge < -0.3 is 0 Å². The van der Waals surface area contributed by atoms with E-state index in [9.17, 15) is 4.79 Å². The second-order valence-corrected chi connectivity index (χ2v) is 9.45. The summed E-state index contributed by atoms with van der Waals surface area (Å²) in [5, 5.41) is 7.20. The molecule has 0 N–H and O–H groups in total. The van der Waals surface area contributed by atoms with Crippen LogP contribution < -0.4 is 0 Å². The van der Waals surface area contributed by atoms with Crippen molar-refractivity contribution in [1.82, 2.24) is 9.78 Å². The second kappa shape index (κ2) is 8.38. The first-order valence-corrected chi connectivity index (χ1v) is 11.7. The van der Waals surface area contributed by atoms with Crippen molar-refractivity contribution in [3.63, 3.8) is 0 Å². The van der Waals surface area contributed by atoms with Gasteiger partial charge in [-0.3, -0.25) is 9.48 Å². The molecule has 162 valence electrons. The first-order valence-electron chi connectivity index (χ1n) is 11.7. The smallest absolute Gasteiger partial charge is 0.184 e. The van der Waals surface area contributed by atoms with E-state index in [4.69, 9.17) is 5.10 Å². The molecule has 2 atom stereocenters. The molecule has 0 saturated heterocycles. The maximum absolute atomic E-state index is 13.6. The van der Waals surface area contributed by atoms with Crippen LogP contribution in [0.1, 0.15) is 67.1 Å². The molecule has 0 bridgehead atoms. The highest BCUT2D eigenvalue weighted by Crippen LogP contribution is 2.46. The summed E-state index contributed by atoms with van der Waals surface area (Å²) in [5.74, 6) is 1.49. The fraction of sp³-hybridized carbons (Fsp3) is 0.310. The molecule has 32 heavy (non-hydrogen) atoms. The molecule has 4 aromatic rings. The topological polar surface area (TPSA) is 34.9 Å². The van der Waals surface area contributed by atoms with Gasteiger partial charge in [0.2, 0.25) is 0 Å². The number of benzene rings is 3. The minimum absolute atomic E-state index is 0.118. The molecule has 0 aliphatic heterocycles. The Labute approximate surface area is 190 Å². The van der Waals surface area contributed by atoms with Crippen LogP contribution in [-0.2, 0) is 6.54 Å². The van der Waals surface area contributed by atoms with Crippen LogP contribution in [0.3, 0.4) is 0 Å². The van der Waals surface area contributed by atoms with Gasteiger partial charge in [-0.2, -0.15) is 5.10 Å². The number of ketones is 1. The normalized spacial score (nSPS) is 18.1. The Morgan fingerprint density at radius 2 is 1.69 bits per heavy atom. The van der Waals surface area contributed by atoms with Gasteiger partial charge in [0.1, 0.15) is 6.54 Å². The van der Waals surface area contributed by atoms with Gasteiger partial charge in [-0.1, -0.05) is 93.6 Å². The van der Waals surface area contributed by atoms with Crippen LogP contribution >= 0.6 is 0 Å². The summed E-state index contributed by atoms with van der Waals surface area (Å²) >= 11 is 0. The molecule has 0 fully saturated rings. The van der Waals surface area contributed by atoms with Crippen LogP contribution in [0, 0.1) is 5.92 Å². The van der Waals surface area contributed by atoms with E-state index in [0.29, 0.717) is 17.8 Å². The lowest BCUT2D eigenvalue weighted by molar-refractivity contribution is 0.0966. The Bertz CT molecular complexity index is 1260. The van der Waals surface area contributed by atoms with Crippen molar-refractivity contribution < 1.29 is 4.79 Å². The van der Waals surface area contributed by atoms with E-state index in [0.717, 1.165) is 34.0 Å². The van der Waals surface area contributed by atoms with Gasteiger partial charge in [0, 0.05) is 28.3 Å². The quantitative estimate of drug-likeness (QED) is 0.318. The number of rotatable bonds is 5. The number of nitrogens with zero attached hydrogens (tertiary/aromatic N) is 2. The van der Waals surface area contributed by atoms with E-state index in [1.165, 1.54) is 17.7 Å². The zero-order valence-electron chi connectivity index (χ0n) is 19.1. The number of aromatic nitrogens is 2. The molecule has 0 unspecified atom stereocenters. The fourth-order valence-electron chi connectivity index (χ4n) is 5.35. The number of hydrogen-bond acceptors (Lipinski definition) is 2. The fourth-order valence-corrected chi connectivity index (χ4v) is 5.35. The van der Waals surface area contributed by atoms with Crippen molar-refractivity contribution in [1.29, 1.82) is 0 Å². The molecule has 1 aliphatic carbocycles. The van der Waals surface area contributed by atoms with E-state index in [-0.39, 0.29) is 12.3 Å². The van der Waals surface area contributed by atoms with Crippen molar-refractivity contribution in [2.24, 2.45) is 5.92 Å². The van der Waals surface area contributed by atoms with Crippen LogP contribution in [-0.4, -0.2) is 15.6 Å². The Morgan fingerprint density at radius 3 is 2.47 bits per heavy atom. The average molecular weight is 423 g/mol. The Balaban J connectivity index is 1.63. The third-order valence-electron chi connectivity index (χ3n) is 7.02. The van der Waals surface area contributed by atoms with Gasteiger partial charge in [0.25, 0.3) is 0 Å². The first kappa shape index (κ1) is 20.7. The molecular weight excluding hydrogens is 392 g/mol. The van der Waals surface area contributed by atoms with Gasteiger partial charge >= 0.3 is 0 Å². The van der Waals surface area contributed by atoms with Crippen molar-refractivity contribution in [2.45, 2.75) is 52.0 Å². The van der Waals surface area contributed by atoms with Crippen molar-refractivity contribution in [2.75, 3.05) is 0 Å². The standard InChI is InChI=1S/C29H30N2O/c1-19(2)23-17-16-20(3)27-28(22-11-5-4-6-12-22)30-31(29(23)27)18-26(32)25-15-9-13-21-10-7-8-14-24(21)25/h4-15,19-20,23H,16-18H2,1-3H3/t20-,23+/m1/s1. The number of carbonyl (C=O) groups is 1. The number of fused-ring (bicyclic) bond motifs is 2. The van der Waals surface area contributed by atoms with E-state index in [1.54, 1.807) is 0 Å². The SMILES string of the molecule is CC(C)[C@@H]1CC[C@@H](C)c2c(-c3ccccc3)nn(CC(=O)c3cccc4ccccc34)c21. The lowest BCUT2D eigenvalue weighted by atomic mass is 9.75. The highest BCUT2D eigenvalue weighted by atomic mass is 16.1. The van der Waals surface area contributed by atoms with Crippen molar-refractivity contribution in [3.8, 4) is 11.3 Å². The summed E-state index contributed by atoms with van der Waals surface area (Å²) in [6.45, 7) is 7.16. The summed E-state index contributed by atoms with van der Waals surface area (Å²) in [6.07, 6.45) is 2.31. The highest BCUT2D eigenvalue weighted by molar-refractivity contribution is 6.08. The molecule has 0 spiro atoms. The molecular formula is C29H30N2O. The molecule has 0 saturated carbocycles. The predicted molar refractivity (Wildman–Crippen MR) is 131 cm³/mol. The maximum atomic E-state index is 13.6. The van der Waals surface area contributed by atoms with E-state index < -0.39 is 0 Å². The molecule has 1 heterocycles. The summed E-state index contributed by atoms with van der Waals surface area (Å²) < 4.78 is 2.03. The predicted octanol–water partition coefficient (Wildman–Crippen LogP) is 7.22. The number of carbonyl (C=O) groups excluding carboxylic acids is 1. The first-order chi connectivity index (χ1) is 15.5. The highest BCUT2D eigenvalue weighted by Gasteiger charge is 2.34. The molecule has 5 rings (SSSR count). The molecule has 3 aromatic carbocycles. The van der Waals surface area contributed by atoms with Gasteiger partial charge in [0.05, 0.1) is 5.69 Å². The van der Waals surface area contributed by atoms with E-state index >= 15 is 0 Å². The van der Waals surface area contributed by atoms with Gasteiger partial charge in [-0.15, -0.1) is 0 Å². The molecule has 3 nitrogen and oxygen atoms in total. The van der Waals surface area contributed by atoms with Crippen LogP contribution in [0.5, 0.6) is 0 Å². The Hall–Kier alpha value is -3.20. The van der Waals surface area contributed by atoms with Crippen LogP contribution in [0.2, 0.25) is 0 Å². The van der Waals surface area contributed by atoms with Crippen molar-refractivity contribution >= 4 is 16.6 Å². The molecule has 0 amide bonds. The Morgan fingerprint density at radius 1 is 0.969 bits per heavy atom. The Kier molecular flexibility index (Phi) is 5.42. The number of Topliss-reactive ketones (excluding diaryl/α,β-unsaturated/α-hetero) is 1. The zero-order chi connectivity index (χ0) is 22.2. The molecule has 3 heteroatoms. The largest absolute Gasteiger partial charge is 0.292 e. The second-order valence-electron chi connectivity index (χ2n) is 9.45. The monoisotopic (exact) mass is 422 g/mol. The van der Waals surface area contributed by atoms with E-state index in [1.807, 2.05) is 41.1 Å². The third-order valence-corrected chi connectivity index (χ3v) is 7.02. The lowest BCUT2D eigenvalue weighted by Gasteiger charge is -2.31. The summed E-state index contributed by atoms with van der Waals surface area (Å²) in [5.41, 5.74) is 5.57. The summed E-state index contributed by atoms with van der Waals surface area (Å²) in [6, 6.07) is 24.5. The summed E-state index contributed by atoms with van der Waals surface area (Å²) in [7, 11) is 0. The zero-order valence-corrected chi connectivity index (χ0v) is 19.1. The number of hydrogen-bond donors (Lipinski definition) is 0. The molecule has 1 aromatic heterocycles. The maximum Gasteiger partial charge on any atom is 0.184 e. The van der Waals surface area contributed by atoms with Crippen LogP contribution in [0.25, 0.3) is 22.0 Å².